The molecule has 0 unspecified atom stereocenters. The smallest absolute Gasteiger partial charge is 0.416 e. The fraction of sp³-hybridized carbons (Fsp3) is 0.500. The van der Waals surface area contributed by atoms with Crippen LogP contribution in [0.25, 0.3) is 5.70 Å². The zero-order valence-corrected chi connectivity index (χ0v) is 27.4. The van der Waals surface area contributed by atoms with Gasteiger partial charge in [-0.05, 0) is 78.1 Å². The molecule has 46 heavy (non-hydrogen) atoms. The summed E-state index contributed by atoms with van der Waals surface area (Å²) in [6, 6.07) is 3.61. The van der Waals surface area contributed by atoms with Crippen LogP contribution in [0.2, 0.25) is 0 Å². The van der Waals surface area contributed by atoms with E-state index in [4.69, 9.17) is 19.5 Å². The maximum Gasteiger partial charge on any atom is 0.416 e. The number of aliphatic hydroxyl groups is 1. The summed E-state index contributed by atoms with van der Waals surface area (Å²) in [5, 5.41) is 23.9. The summed E-state index contributed by atoms with van der Waals surface area (Å²) in [7, 11) is 0. The van der Waals surface area contributed by atoms with E-state index in [1.54, 1.807) is 55.4 Å². The van der Waals surface area contributed by atoms with Gasteiger partial charge in [0.1, 0.15) is 35.7 Å². The van der Waals surface area contributed by atoms with Gasteiger partial charge in [-0.2, -0.15) is 5.26 Å². The number of ether oxygens (including phenoxy) is 3. The minimum absolute atomic E-state index is 0.129. The van der Waals surface area contributed by atoms with Crippen molar-refractivity contribution in [3.63, 3.8) is 0 Å². The van der Waals surface area contributed by atoms with E-state index in [-0.39, 0.29) is 41.2 Å². The Kier molecular flexibility index (Phi) is 11.3. The fourth-order valence-corrected chi connectivity index (χ4v) is 4.44. The molecule has 1 fully saturated rings. The first-order valence-corrected chi connectivity index (χ1v) is 14.7. The van der Waals surface area contributed by atoms with Crippen molar-refractivity contribution >= 4 is 35.5 Å². The molecule has 0 spiro atoms. The molecule has 2 aromatic rings. The SMILES string of the molecule is Cc1cc(NC(=O)OC2CC(C#N)C2)ncc1/C(NC(=O)OC(C)(C)C)=C(/F)Cc1cncc(N(CO)C(=O)OC(C)(C)C)c1C. The molecule has 1 aliphatic rings. The Morgan fingerprint density at radius 3 is 2.28 bits per heavy atom. The highest BCUT2D eigenvalue weighted by Gasteiger charge is 2.32. The maximum atomic E-state index is 16.2. The Morgan fingerprint density at radius 2 is 1.72 bits per heavy atom. The molecular formula is C32H41FN6O7. The van der Waals surface area contributed by atoms with Crippen LogP contribution in [0.5, 0.6) is 0 Å². The number of hydrogen-bond acceptors (Lipinski definition) is 10. The number of aryl methyl sites for hydroxylation is 1. The first kappa shape index (κ1) is 35.7. The molecule has 14 heteroatoms. The quantitative estimate of drug-likeness (QED) is 0.228. The number of pyridine rings is 2. The normalized spacial score (nSPS) is 16.6. The van der Waals surface area contributed by atoms with Crippen LogP contribution in [0, 0.1) is 31.1 Å². The molecule has 2 aromatic heterocycles. The second kappa shape index (κ2) is 14.6. The fourth-order valence-electron chi connectivity index (χ4n) is 4.44. The molecule has 0 aliphatic heterocycles. The Hall–Kier alpha value is -4.77. The number of alkyl carbamates (subject to hydrolysis) is 1. The van der Waals surface area contributed by atoms with Crippen molar-refractivity contribution in [1.82, 2.24) is 15.3 Å². The van der Waals surface area contributed by atoms with Gasteiger partial charge in [0.2, 0.25) is 0 Å². The monoisotopic (exact) mass is 640 g/mol. The molecule has 0 aromatic carbocycles. The highest BCUT2D eigenvalue weighted by Crippen LogP contribution is 2.31. The van der Waals surface area contributed by atoms with Gasteiger partial charge >= 0.3 is 18.3 Å². The van der Waals surface area contributed by atoms with Gasteiger partial charge in [0.25, 0.3) is 0 Å². The lowest BCUT2D eigenvalue weighted by atomic mass is 9.84. The molecule has 3 N–H and O–H groups in total. The first-order chi connectivity index (χ1) is 21.4. The summed E-state index contributed by atoms with van der Waals surface area (Å²) in [4.78, 5) is 47.2. The summed E-state index contributed by atoms with van der Waals surface area (Å²) < 4.78 is 32.3. The van der Waals surface area contributed by atoms with Crippen LogP contribution >= 0.6 is 0 Å². The highest BCUT2D eigenvalue weighted by atomic mass is 19.1. The maximum absolute atomic E-state index is 16.2. The second-order valence-electron chi connectivity index (χ2n) is 12.9. The molecule has 0 radical (unpaired) electrons. The van der Waals surface area contributed by atoms with Crippen LogP contribution in [0.4, 0.5) is 30.3 Å². The number of halogens is 1. The van der Waals surface area contributed by atoms with Crippen molar-refractivity contribution in [3.8, 4) is 6.07 Å². The number of anilines is 2. The second-order valence-corrected chi connectivity index (χ2v) is 12.9. The van der Waals surface area contributed by atoms with Crippen LogP contribution in [-0.2, 0) is 20.6 Å². The average Bonchev–Trinajstić information content (AvgIpc) is 2.90. The van der Waals surface area contributed by atoms with Crippen LogP contribution in [0.3, 0.4) is 0 Å². The van der Waals surface area contributed by atoms with Crippen LogP contribution in [0.15, 0.2) is 30.5 Å². The molecule has 1 saturated carbocycles. The standard InChI is InChI=1S/C32H41FN6O7/c1-18-9-26(37-28(41)44-22-10-20(11-22)13-34)36-15-23(18)27(38-29(42)45-31(3,4)5)24(33)12-21-14-35-16-25(19(21)2)39(17-40)30(43)46-32(6,7)8/h9,14-16,20,22,40H,10-12,17H2,1-8H3,(H,38,42)(H,36,37,41)/b27-24-. The molecule has 0 atom stereocenters. The zero-order valence-electron chi connectivity index (χ0n) is 27.4. The number of amides is 3. The van der Waals surface area contributed by atoms with E-state index in [2.05, 4.69) is 26.7 Å². The molecule has 1 aliphatic carbocycles. The number of nitrogens with zero attached hydrogens (tertiary/aromatic N) is 4. The lowest BCUT2D eigenvalue weighted by molar-refractivity contribution is 0.0417. The number of carbonyl (C=O) groups excluding carboxylic acids is 3. The van der Waals surface area contributed by atoms with Gasteiger partial charge in [-0.15, -0.1) is 0 Å². The zero-order chi connectivity index (χ0) is 34.4. The van der Waals surface area contributed by atoms with Gasteiger partial charge in [-0.1, -0.05) is 0 Å². The van der Waals surface area contributed by atoms with Crippen molar-refractivity contribution in [3.05, 3.63) is 52.7 Å². The predicted molar refractivity (Wildman–Crippen MR) is 167 cm³/mol. The largest absolute Gasteiger partial charge is 0.446 e. The molecule has 13 nitrogen and oxygen atoms in total. The van der Waals surface area contributed by atoms with Crippen LogP contribution in [0.1, 0.15) is 76.6 Å². The van der Waals surface area contributed by atoms with E-state index in [1.807, 2.05) is 0 Å². The molecule has 3 amide bonds. The summed E-state index contributed by atoms with van der Waals surface area (Å²) >= 11 is 0. The lowest BCUT2D eigenvalue weighted by Crippen LogP contribution is -2.38. The Labute approximate surface area is 267 Å². The van der Waals surface area contributed by atoms with Crippen molar-refractivity contribution in [1.29, 1.82) is 5.26 Å². The summed E-state index contributed by atoms with van der Waals surface area (Å²) in [5.41, 5.74) is -0.217. The Bertz CT molecular complexity index is 1530. The third-order valence-corrected chi connectivity index (χ3v) is 6.74. The third kappa shape index (κ3) is 9.87. The number of aromatic nitrogens is 2. The van der Waals surface area contributed by atoms with Crippen molar-refractivity contribution < 1.29 is 38.1 Å². The Morgan fingerprint density at radius 1 is 1.07 bits per heavy atom. The number of allylic oxidation sites excluding steroid dienone is 1. The van der Waals surface area contributed by atoms with Gasteiger partial charge in [0.05, 0.1) is 29.6 Å². The molecule has 248 valence electrons. The van der Waals surface area contributed by atoms with E-state index in [0.717, 1.165) is 4.90 Å². The molecule has 3 rings (SSSR count). The Balaban J connectivity index is 1.93. The van der Waals surface area contributed by atoms with Gasteiger partial charge in [-0.3, -0.25) is 20.5 Å². The number of aliphatic hydroxyl groups excluding tert-OH is 1. The van der Waals surface area contributed by atoms with Crippen LogP contribution in [-0.4, -0.2) is 57.4 Å². The average molecular weight is 641 g/mol. The number of nitrogens with one attached hydrogen (secondary N) is 2. The molecule has 2 heterocycles. The summed E-state index contributed by atoms with van der Waals surface area (Å²) in [5.74, 6) is -0.767. The third-order valence-electron chi connectivity index (χ3n) is 6.74. The van der Waals surface area contributed by atoms with E-state index < -0.39 is 42.0 Å². The van der Waals surface area contributed by atoms with E-state index in [0.29, 0.717) is 29.5 Å². The van der Waals surface area contributed by atoms with Crippen LogP contribution < -0.4 is 15.5 Å². The van der Waals surface area contributed by atoms with Gasteiger partial charge < -0.3 is 19.3 Å². The summed E-state index contributed by atoms with van der Waals surface area (Å²) in [6.45, 7) is 12.7. The topological polar surface area (TPSA) is 176 Å². The van der Waals surface area contributed by atoms with Crippen molar-refractivity contribution in [2.75, 3.05) is 16.9 Å². The first-order valence-electron chi connectivity index (χ1n) is 14.7. The van der Waals surface area contributed by atoms with E-state index in [9.17, 15) is 19.5 Å². The molecular weight excluding hydrogens is 599 g/mol. The van der Waals surface area contributed by atoms with E-state index in [1.165, 1.54) is 24.7 Å². The molecule has 0 saturated heterocycles. The molecule has 0 bridgehead atoms. The van der Waals surface area contributed by atoms with Crippen molar-refractivity contribution in [2.45, 2.75) is 92.0 Å². The number of carbonyl (C=O) groups is 3. The lowest BCUT2D eigenvalue weighted by Gasteiger charge is -2.29. The number of hydrogen-bond donors (Lipinski definition) is 3. The summed E-state index contributed by atoms with van der Waals surface area (Å²) in [6.07, 6.45) is 1.85. The van der Waals surface area contributed by atoms with Gasteiger partial charge in [0.15, 0.2) is 0 Å². The highest BCUT2D eigenvalue weighted by molar-refractivity contribution is 5.89. The van der Waals surface area contributed by atoms with Gasteiger partial charge in [-0.25, -0.2) is 23.8 Å². The number of nitriles is 1. The number of rotatable bonds is 8. The van der Waals surface area contributed by atoms with Gasteiger partial charge in [0, 0.05) is 37.2 Å². The van der Waals surface area contributed by atoms with Crippen molar-refractivity contribution in [2.24, 2.45) is 5.92 Å². The minimum atomic E-state index is -0.904. The van der Waals surface area contributed by atoms with E-state index >= 15 is 4.39 Å². The predicted octanol–water partition coefficient (Wildman–Crippen LogP) is 6.04. The minimum Gasteiger partial charge on any atom is -0.446 e.